The predicted octanol–water partition coefficient (Wildman–Crippen LogP) is 1.97. The maximum atomic E-state index is 11.3. The van der Waals surface area contributed by atoms with E-state index in [1.165, 1.54) is 7.11 Å². The molecule has 2 rings (SSSR count). The zero-order valence-electron chi connectivity index (χ0n) is 11.1. The first kappa shape index (κ1) is 12.8. The zero-order valence-corrected chi connectivity index (χ0v) is 11.1. The summed E-state index contributed by atoms with van der Waals surface area (Å²) in [4.78, 5) is 11.3. The number of hydrogen-bond acceptors (Lipinski definition) is 4. The molecule has 0 bridgehead atoms. The van der Waals surface area contributed by atoms with Gasteiger partial charge in [-0.25, -0.2) is 0 Å². The van der Waals surface area contributed by atoms with Crippen molar-refractivity contribution in [2.75, 3.05) is 20.3 Å². The second-order valence-electron chi connectivity index (χ2n) is 5.80. The van der Waals surface area contributed by atoms with E-state index in [4.69, 9.17) is 14.2 Å². The van der Waals surface area contributed by atoms with Crippen molar-refractivity contribution in [3.8, 4) is 0 Å². The fourth-order valence-electron chi connectivity index (χ4n) is 3.27. The molecule has 1 aliphatic carbocycles. The highest BCUT2D eigenvalue weighted by Gasteiger charge is 2.58. The summed E-state index contributed by atoms with van der Waals surface area (Å²) in [5.41, 5.74) is 0.0628. The van der Waals surface area contributed by atoms with Crippen molar-refractivity contribution in [1.82, 2.24) is 0 Å². The first-order chi connectivity index (χ1) is 7.90. The van der Waals surface area contributed by atoms with E-state index in [1.807, 2.05) is 6.92 Å². The molecule has 0 radical (unpaired) electrons. The lowest BCUT2D eigenvalue weighted by molar-refractivity contribution is -0.254. The Morgan fingerprint density at radius 3 is 2.35 bits per heavy atom. The normalized spacial score (nSPS) is 34.1. The quantitative estimate of drug-likeness (QED) is 0.710. The molecule has 0 aromatic rings. The standard InChI is InChI=1S/C13H22O4/c1-12(2)9(8-11(14)15-4)7-10(12)13(3)16-5-6-17-13/h9-10H,5-8H2,1-4H3. The topological polar surface area (TPSA) is 44.8 Å². The second kappa shape index (κ2) is 4.25. The Bertz CT molecular complexity index is 305. The highest BCUT2D eigenvalue weighted by Crippen LogP contribution is 2.58. The zero-order chi connectivity index (χ0) is 12.7. The summed E-state index contributed by atoms with van der Waals surface area (Å²) in [6.45, 7) is 7.73. The van der Waals surface area contributed by atoms with Crippen molar-refractivity contribution in [3.63, 3.8) is 0 Å². The van der Waals surface area contributed by atoms with Gasteiger partial charge in [0.2, 0.25) is 0 Å². The van der Waals surface area contributed by atoms with Gasteiger partial charge in [0, 0.05) is 12.3 Å². The van der Waals surface area contributed by atoms with Gasteiger partial charge in [-0.05, 0) is 24.7 Å². The van der Waals surface area contributed by atoms with Crippen molar-refractivity contribution in [1.29, 1.82) is 0 Å². The average Bonchev–Trinajstić information content (AvgIpc) is 2.70. The van der Waals surface area contributed by atoms with Crippen LogP contribution < -0.4 is 0 Å². The fourth-order valence-corrected chi connectivity index (χ4v) is 3.27. The van der Waals surface area contributed by atoms with Crippen LogP contribution in [-0.4, -0.2) is 32.1 Å². The van der Waals surface area contributed by atoms with E-state index >= 15 is 0 Å². The Morgan fingerprint density at radius 1 is 1.29 bits per heavy atom. The van der Waals surface area contributed by atoms with Crippen molar-refractivity contribution in [2.45, 2.75) is 39.4 Å². The van der Waals surface area contributed by atoms with Crippen LogP contribution in [0.15, 0.2) is 0 Å². The second-order valence-corrected chi connectivity index (χ2v) is 5.80. The van der Waals surface area contributed by atoms with Crippen LogP contribution in [0.5, 0.6) is 0 Å². The molecule has 1 aliphatic heterocycles. The van der Waals surface area contributed by atoms with E-state index in [0.29, 0.717) is 31.5 Å². The molecule has 4 nitrogen and oxygen atoms in total. The van der Waals surface area contributed by atoms with Gasteiger partial charge in [0.15, 0.2) is 5.79 Å². The van der Waals surface area contributed by atoms with Gasteiger partial charge in [-0.2, -0.15) is 0 Å². The molecule has 2 unspecified atom stereocenters. The minimum atomic E-state index is -0.462. The highest BCUT2D eigenvalue weighted by atomic mass is 16.7. The van der Waals surface area contributed by atoms with Gasteiger partial charge in [0.05, 0.1) is 20.3 Å². The van der Waals surface area contributed by atoms with E-state index in [-0.39, 0.29) is 11.4 Å². The Hall–Kier alpha value is -0.610. The molecule has 2 aliphatic rings. The molecule has 0 amide bonds. The van der Waals surface area contributed by atoms with Crippen LogP contribution in [0.4, 0.5) is 0 Å². The maximum absolute atomic E-state index is 11.3. The minimum absolute atomic E-state index is 0.0628. The van der Waals surface area contributed by atoms with E-state index in [0.717, 1.165) is 6.42 Å². The summed E-state index contributed by atoms with van der Waals surface area (Å²) >= 11 is 0. The van der Waals surface area contributed by atoms with E-state index < -0.39 is 5.79 Å². The molecule has 1 heterocycles. The largest absolute Gasteiger partial charge is 0.469 e. The van der Waals surface area contributed by atoms with Gasteiger partial charge in [-0.15, -0.1) is 0 Å². The third kappa shape index (κ3) is 2.08. The summed E-state index contributed by atoms with van der Waals surface area (Å²) in [5, 5.41) is 0. The molecule has 1 saturated heterocycles. The monoisotopic (exact) mass is 242 g/mol. The van der Waals surface area contributed by atoms with Crippen LogP contribution in [-0.2, 0) is 19.0 Å². The molecule has 0 N–H and O–H groups in total. The van der Waals surface area contributed by atoms with Gasteiger partial charge < -0.3 is 14.2 Å². The molecule has 4 heteroatoms. The Balaban J connectivity index is 1.99. The average molecular weight is 242 g/mol. The lowest BCUT2D eigenvalue weighted by Crippen LogP contribution is -2.56. The first-order valence-corrected chi connectivity index (χ1v) is 6.25. The molecule has 17 heavy (non-hydrogen) atoms. The summed E-state index contributed by atoms with van der Waals surface area (Å²) in [6, 6.07) is 0. The number of carbonyl (C=O) groups is 1. The van der Waals surface area contributed by atoms with Crippen LogP contribution >= 0.6 is 0 Å². The van der Waals surface area contributed by atoms with Crippen LogP contribution in [0, 0.1) is 17.3 Å². The van der Waals surface area contributed by atoms with Crippen LogP contribution in [0.3, 0.4) is 0 Å². The van der Waals surface area contributed by atoms with Crippen molar-refractivity contribution >= 4 is 5.97 Å². The van der Waals surface area contributed by atoms with Gasteiger partial charge in [0.1, 0.15) is 0 Å². The number of ether oxygens (including phenoxy) is 3. The highest BCUT2D eigenvalue weighted by molar-refractivity contribution is 5.69. The van der Waals surface area contributed by atoms with Crippen molar-refractivity contribution < 1.29 is 19.0 Å². The number of esters is 1. The summed E-state index contributed by atoms with van der Waals surface area (Å²) in [7, 11) is 1.44. The van der Waals surface area contributed by atoms with Gasteiger partial charge in [-0.1, -0.05) is 13.8 Å². The van der Waals surface area contributed by atoms with Crippen LogP contribution in [0.2, 0.25) is 0 Å². The van der Waals surface area contributed by atoms with Gasteiger partial charge in [-0.3, -0.25) is 4.79 Å². The minimum Gasteiger partial charge on any atom is -0.469 e. The fraction of sp³-hybridized carbons (Fsp3) is 0.923. The van der Waals surface area contributed by atoms with E-state index in [1.54, 1.807) is 0 Å². The van der Waals surface area contributed by atoms with Gasteiger partial charge >= 0.3 is 5.97 Å². The van der Waals surface area contributed by atoms with E-state index in [9.17, 15) is 4.79 Å². The number of hydrogen-bond donors (Lipinski definition) is 0. The van der Waals surface area contributed by atoms with Crippen LogP contribution in [0.1, 0.15) is 33.6 Å². The van der Waals surface area contributed by atoms with E-state index in [2.05, 4.69) is 13.8 Å². The third-order valence-corrected chi connectivity index (χ3v) is 4.60. The van der Waals surface area contributed by atoms with Crippen LogP contribution in [0.25, 0.3) is 0 Å². The smallest absolute Gasteiger partial charge is 0.305 e. The Morgan fingerprint density at radius 2 is 1.88 bits per heavy atom. The number of methoxy groups -OCH3 is 1. The Kier molecular flexibility index (Phi) is 3.21. The lowest BCUT2D eigenvalue weighted by Gasteiger charge is -2.56. The van der Waals surface area contributed by atoms with Gasteiger partial charge in [0.25, 0.3) is 0 Å². The number of rotatable bonds is 3. The summed E-state index contributed by atoms with van der Waals surface area (Å²) < 4.78 is 16.2. The molecular weight excluding hydrogens is 220 g/mol. The van der Waals surface area contributed by atoms with Crippen molar-refractivity contribution in [2.24, 2.45) is 17.3 Å². The molecule has 2 fully saturated rings. The molecule has 1 saturated carbocycles. The number of carbonyl (C=O) groups excluding carboxylic acids is 1. The summed E-state index contributed by atoms with van der Waals surface area (Å²) in [5.74, 6) is 0.132. The summed E-state index contributed by atoms with van der Waals surface area (Å²) in [6.07, 6.45) is 1.47. The molecule has 0 aromatic heterocycles. The van der Waals surface area contributed by atoms with Crippen molar-refractivity contribution in [3.05, 3.63) is 0 Å². The molecule has 2 atom stereocenters. The predicted molar refractivity (Wildman–Crippen MR) is 62.3 cm³/mol. The molecule has 98 valence electrons. The third-order valence-electron chi connectivity index (χ3n) is 4.60. The molecule has 0 aromatic carbocycles. The first-order valence-electron chi connectivity index (χ1n) is 6.25. The lowest BCUT2D eigenvalue weighted by atomic mass is 9.51. The SMILES string of the molecule is COC(=O)CC1CC(C2(C)OCCO2)C1(C)C. The molecule has 0 spiro atoms. The molecular formula is C13H22O4. The maximum Gasteiger partial charge on any atom is 0.305 e. The Labute approximate surface area is 103 Å².